The summed E-state index contributed by atoms with van der Waals surface area (Å²) in [6.45, 7) is 4.27. The van der Waals surface area contributed by atoms with E-state index in [0.717, 1.165) is 37.0 Å². The second kappa shape index (κ2) is 5.37. The summed E-state index contributed by atoms with van der Waals surface area (Å²) in [6.07, 6.45) is 4.20. The van der Waals surface area contributed by atoms with Crippen molar-refractivity contribution in [2.24, 2.45) is 5.73 Å². The molecule has 0 aliphatic heterocycles. The molecule has 2 heteroatoms. The molecule has 1 heterocycles. The number of rotatable bonds is 5. The third-order valence-electron chi connectivity index (χ3n) is 3.14. The molecule has 0 amide bonds. The fraction of sp³-hybridized carbons (Fsp3) is 0.467. The second-order valence-corrected chi connectivity index (χ2v) is 4.84. The van der Waals surface area contributed by atoms with Crippen LogP contribution in [0.4, 0.5) is 0 Å². The van der Waals surface area contributed by atoms with E-state index in [0.29, 0.717) is 6.04 Å². The predicted molar refractivity (Wildman–Crippen MR) is 72.2 cm³/mol. The topological polar surface area (TPSA) is 39.2 Å². The Balaban J connectivity index is 2.04. The van der Waals surface area contributed by atoms with Crippen LogP contribution in [0.3, 0.4) is 0 Å². The molecule has 0 fully saturated rings. The Morgan fingerprint density at radius 2 is 2.06 bits per heavy atom. The Morgan fingerprint density at radius 1 is 1.24 bits per heavy atom. The number of furan rings is 1. The van der Waals surface area contributed by atoms with Crippen LogP contribution in [0.25, 0.3) is 11.0 Å². The Labute approximate surface area is 103 Å². The summed E-state index contributed by atoms with van der Waals surface area (Å²) in [6, 6.07) is 8.73. The molecule has 1 atom stereocenters. The third-order valence-corrected chi connectivity index (χ3v) is 3.14. The summed E-state index contributed by atoms with van der Waals surface area (Å²) >= 11 is 0. The maximum absolute atomic E-state index is 6.01. The van der Waals surface area contributed by atoms with Crippen molar-refractivity contribution >= 4 is 11.0 Å². The van der Waals surface area contributed by atoms with Gasteiger partial charge in [0.05, 0.1) is 0 Å². The van der Waals surface area contributed by atoms with Crippen molar-refractivity contribution in [2.45, 2.75) is 45.6 Å². The Hall–Kier alpha value is -1.28. The van der Waals surface area contributed by atoms with Gasteiger partial charge in [0.1, 0.15) is 11.3 Å². The lowest BCUT2D eigenvalue weighted by Crippen LogP contribution is -2.19. The van der Waals surface area contributed by atoms with Crippen molar-refractivity contribution < 1.29 is 4.42 Å². The molecule has 92 valence electrons. The first kappa shape index (κ1) is 12.2. The summed E-state index contributed by atoms with van der Waals surface area (Å²) in [5.74, 6) is 1.05. The summed E-state index contributed by atoms with van der Waals surface area (Å²) in [5.41, 5.74) is 8.26. The highest BCUT2D eigenvalue weighted by Gasteiger charge is 2.06. The zero-order chi connectivity index (χ0) is 12.3. The molecule has 0 bridgehead atoms. The molecule has 1 aromatic carbocycles. The van der Waals surface area contributed by atoms with Crippen LogP contribution in [-0.4, -0.2) is 6.04 Å². The number of fused-ring (bicyclic) bond motifs is 1. The Bertz CT molecular complexity index is 487. The molecule has 2 aromatic rings. The van der Waals surface area contributed by atoms with E-state index in [1.165, 1.54) is 10.9 Å². The summed E-state index contributed by atoms with van der Waals surface area (Å²) in [4.78, 5) is 0. The van der Waals surface area contributed by atoms with Gasteiger partial charge in [-0.3, -0.25) is 0 Å². The standard InChI is InChI=1S/C15H21NO/c1-3-4-13(16)6-7-14-10-12-9-11(2)5-8-15(12)17-14/h5,8-10,13H,3-4,6-7,16H2,1-2H3. The fourth-order valence-electron chi connectivity index (χ4n) is 2.18. The lowest BCUT2D eigenvalue weighted by atomic mass is 10.1. The average Bonchev–Trinajstić information content (AvgIpc) is 2.68. The van der Waals surface area contributed by atoms with Gasteiger partial charge < -0.3 is 10.2 Å². The molecule has 0 saturated heterocycles. The Morgan fingerprint density at radius 3 is 2.82 bits per heavy atom. The highest BCUT2D eigenvalue weighted by atomic mass is 16.3. The molecule has 1 aromatic heterocycles. The SMILES string of the molecule is CCCC(N)CCc1cc2cc(C)ccc2o1. The van der Waals surface area contributed by atoms with E-state index < -0.39 is 0 Å². The molecule has 17 heavy (non-hydrogen) atoms. The highest BCUT2D eigenvalue weighted by Crippen LogP contribution is 2.21. The van der Waals surface area contributed by atoms with Gasteiger partial charge in [0, 0.05) is 17.8 Å². The molecule has 0 aliphatic rings. The van der Waals surface area contributed by atoms with E-state index in [1.807, 2.05) is 6.07 Å². The first-order valence-corrected chi connectivity index (χ1v) is 6.43. The van der Waals surface area contributed by atoms with Crippen LogP contribution >= 0.6 is 0 Å². The van der Waals surface area contributed by atoms with Gasteiger partial charge in [-0.05, 0) is 38.0 Å². The van der Waals surface area contributed by atoms with Crippen LogP contribution in [0.1, 0.15) is 37.5 Å². The normalized spacial score (nSPS) is 13.1. The molecule has 2 nitrogen and oxygen atoms in total. The minimum atomic E-state index is 0.301. The zero-order valence-corrected chi connectivity index (χ0v) is 10.7. The summed E-state index contributed by atoms with van der Waals surface area (Å²) in [5, 5.41) is 1.20. The lowest BCUT2D eigenvalue weighted by Gasteiger charge is -2.07. The first-order chi connectivity index (χ1) is 8.19. The van der Waals surface area contributed by atoms with E-state index in [4.69, 9.17) is 10.2 Å². The van der Waals surface area contributed by atoms with Crippen molar-refractivity contribution in [1.82, 2.24) is 0 Å². The average molecular weight is 231 g/mol. The van der Waals surface area contributed by atoms with E-state index in [-0.39, 0.29) is 0 Å². The molecule has 2 rings (SSSR count). The monoisotopic (exact) mass is 231 g/mol. The van der Waals surface area contributed by atoms with E-state index in [9.17, 15) is 0 Å². The Kier molecular flexibility index (Phi) is 3.85. The second-order valence-electron chi connectivity index (χ2n) is 4.84. The largest absolute Gasteiger partial charge is 0.461 e. The maximum Gasteiger partial charge on any atom is 0.134 e. The number of nitrogens with two attached hydrogens (primary N) is 1. The van der Waals surface area contributed by atoms with Crippen LogP contribution in [-0.2, 0) is 6.42 Å². The first-order valence-electron chi connectivity index (χ1n) is 6.43. The fourth-order valence-corrected chi connectivity index (χ4v) is 2.18. The van der Waals surface area contributed by atoms with Crippen LogP contribution in [0, 0.1) is 6.92 Å². The lowest BCUT2D eigenvalue weighted by molar-refractivity contribution is 0.497. The van der Waals surface area contributed by atoms with E-state index >= 15 is 0 Å². The van der Waals surface area contributed by atoms with Crippen LogP contribution < -0.4 is 5.73 Å². The molecule has 0 aliphatic carbocycles. The summed E-state index contributed by atoms with van der Waals surface area (Å²) in [7, 11) is 0. The molecule has 1 unspecified atom stereocenters. The molecule has 2 N–H and O–H groups in total. The van der Waals surface area contributed by atoms with Gasteiger partial charge in [0.25, 0.3) is 0 Å². The molecule has 0 radical (unpaired) electrons. The van der Waals surface area contributed by atoms with Gasteiger partial charge in [0.2, 0.25) is 0 Å². The van der Waals surface area contributed by atoms with Crippen molar-refractivity contribution in [1.29, 1.82) is 0 Å². The van der Waals surface area contributed by atoms with Gasteiger partial charge in [-0.2, -0.15) is 0 Å². The number of hydrogen-bond acceptors (Lipinski definition) is 2. The van der Waals surface area contributed by atoms with E-state index in [2.05, 4.69) is 32.0 Å². The molecule has 0 saturated carbocycles. The number of benzene rings is 1. The quantitative estimate of drug-likeness (QED) is 0.850. The summed E-state index contributed by atoms with van der Waals surface area (Å²) < 4.78 is 5.80. The van der Waals surface area contributed by atoms with Gasteiger partial charge in [-0.1, -0.05) is 25.0 Å². The van der Waals surface area contributed by atoms with Gasteiger partial charge in [-0.25, -0.2) is 0 Å². The number of hydrogen-bond donors (Lipinski definition) is 1. The highest BCUT2D eigenvalue weighted by molar-refractivity contribution is 5.78. The van der Waals surface area contributed by atoms with Gasteiger partial charge >= 0.3 is 0 Å². The predicted octanol–water partition coefficient (Wildman–Crippen LogP) is 3.80. The third kappa shape index (κ3) is 3.10. The van der Waals surface area contributed by atoms with Crippen LogP contribution in [0.15, 0.2) is 28.7 Å². The van der Waals surface area contributed by atoms with Crippen molar-refractivity contribution in [3.63, 3.8) is 0 Å². The van der Waals surface area contributed by atoms with Gasteiger partial charge in [-0.15, -0.1) is 0 Å². The van der Waals surface area contributed by atoms with Crippen molar-refractivity contribution in [3.8, 4) is 0 Å². The van der Waals surface area contributed by atoms with Gasteiger partial charge in [0.15, 0.2) is 0 Å². The van der Waals surface area contributed by atoms with Crippen LogP contribution in [0.5, 0.6) is 0 Å². The van der Waals surface area contributed by atoms with Crippen LogP contribution in [0.2, 0.25) is 0 Å². The molecular weight excluding hydrogens is 210 g/mol. The zero-order valence-electron chi connectivity index (χ0n) is 10.7. The smallest absolute Gasteiger partial charge is 0.134 e. The molecule has 0 spiro atoms. The van der Waals surface area contributed by atoms with Crippen molar-refractivity contribution in [3.05, 3.63) is 35.6 Å². The molecular formula is C15H21NO. The minimum absolute atomic E-state index is 0.301. The van der Waals surface area contributed by atoms with Crippen molar-refractivity contribution in [2.75, 3.05) is 0 Å². The number of aryl methyl sites for hydroxylation is 2. The minimum Gasteiger partial charge on any atom is -0.461 e. The van der Waals surface area contributed by atoms with E-state index in [1.54, 1.807) is 0 Å². The maximum atomic E-state index is 6.01.